The SMILES string of the molecule is C[C@@H]1CCC2[C@@H](C)[C@@H](OC(=O)Nc3ccccc3)O[C@@H]3O[C@@]4(C)CCC1[C@@]23OO4. The summed E-state index contributed by atoms with van der Waals surface area (Å²) >= 11 is 0. The summed E-state index contributed by atoms with van der Waals surface area (Å²) in [4.78, 5) is 24.4. The second kappa shape index (κ2) is 6.94. The van der Waals surface area contributed by atoms with Gasteiger partial charge >= 0.3 is 6.09 Å². The van der Waals surface area contributed by atoms with Gasteiger partial charge < -0.3 is 14.2 Å². The van der Waals surface area contributed by atoms with Crippen molar-refractivity contribution in [2.24, 2.45) is 23.7 Å². The fourth-order valence-electron chi connectivity index (χ4n) is 5.78. The van der Waals surface area contributed by atoms with Crippen LogP contribution in [0.25, 0.3) is 0 Å². The summed E-state index contributed by atoms with van der Waals surface area (Å²) in [6, 6.07) is 9.23. The lowest BCUT2D eigenvalue weighted by molar-refractivity contribution is -0.576. The lowest BCUT2D eigenvalue weighted by atomic mass is 9.58. The van der Waals surface area contributed by atoms with E-state index in [0.717, 1.165) is 25.7 Å². The minimum Gasteiger partial charge on any atom is -0.419 e. The van der Waals surface area contributed by atoms with Crippen molar-refractivity contribution in [1.29, 1.82) is 0 Å². The zero-order valence-electron chi connectivity index (χ0n) is 17.1. The molecule has 1 saturated carbocycles. The van der Waals surface area contributed by atoms with Gasteiger partial charge in [0.1, 0.15) is 0 Å². The molecular formula is C22H29NO6. The maximum absolute atomic E-state index is 12.5. The summed E-state index contributed by atoms with van der Waals surface area (Å²) in [7, 11) is 0. The first-order valence-corrected chi connectivity index (χ1v) is 10.6. The highest BCUT2D eigenvalue weighted by molar-refractivity contribution is 5.84. The van der Waals surface area contributed by atoms with Crippen LogP contribution < -0.4 is 5.32 Å². The van der Waals surface area contributed by atoms with E-state index in [0.29, 0.717) is 11.6 Å². The molecule has 5 fully saturated rings. The van der Waals surface area contributed by atoms with Gasteiger partial charge in [-0.25, -0.2) is 14.6 Å². The average Bonchev–Trinajstić information content (AvgIpc) is 2.93. The topological polar surface area (TPSA) is 75.3 Å². The van der Waals surface area contributed by atoms with E-state index in [-0.39, 0.29) is 17.8 Å². The molecule has 1 aliphatic carbocycles. The molecule has 4 saturated heterocycles. The lowest BCUT2D eigenvalue weighted by Crippen LogP contribution is -2.70. The van der Waals surface area contributed by atoms with Crippen molar-refractivity contribution >= 4 is 11.8 Å². The molecule has 1 aromatic carbocycles. The Morgan fingerprint density at radius 3 is 2.69 bits per heavy atom. The van der Waals surface area contributed by atoms with E-state index in [9.17, 15) is 4.79 Å². The Morgan fingerprint density at radius 1 is 1.10 bits per heavy atom. The Hall–Kier alpha value is -1.67. The molecule has 7 heteroatoms. The predicted molar refractivity (Wildman–Crippen MR) is 103 cm³/mol. The summed E-state index contributed by atoms with van der Waals surface area (Å²) in [5.41, 5.74) is 0.0288. The number of para-hydroxylation sites is 1. The van der Waals surface area contributed by atoms with Crippen LogP contribution in [0.1, 0.15) is 46.5 Å². The molecule has 5 aliphatic rings. The van der Waals surface area contributed by atoms with Gasteiger partial charge in [0, 0.05) is 23.9 Å². The minimum absolute atomic E-state index is 0.0440. The van der Waals surface area contributed by atoms with E-state index >= 15 is 0 Å². The third-order valence-corrected chi connectivity index (χ3v) is 7.34. The fraction of sp³-hybridized carbons (Fsp3) is 0.682. The van der Waals surface area contributed by atoms with E-state index in [2.05, 4.69) is 19.2 Å². The number of carbonyl (C=O) groups excluding carboxylic acids is 1. The number of amides is 1. The minimum atomic E-state index is -0.838. The van der Waals surface area contributed by atoms with Gasteiger partial charge in [0.05, 0.1) is 0 Å². The molecule has 2 bridgehead atoms. The van der Waals surface area contributed by atoms with Crippen LogP contribution in [0.3, 0.4) is 0 Å². The molecule has 7 nitrogen and oxygen atoms in total. The van der Waals surface area contributed by atoms with Crippen LogP contribution in [0.4, 0.5) is 10.5 Å². The molecule has 0 radical (unpaired) electrons. The molecule has 1 spiro atoms. The smallest absolute Gasteiger partial charge is 0.413 e. The molecule has 6 rings (SSSR count). The van der Waals surface area contributed by atoms with E-state index < -0.39 is 30.1 Å². The van der Waals surface area contributed by atoms with Crippen LogP contribution in [-0.4, -0.2) is 30.1 Å². The third kappa shape index (κ3) is 3.06. The Labute approximate surface area is 170 Å². The predicted octanol–water partition coefficient (Wildman–Crippen LogP) is 4.44. The van der Waals surface area contributed by atoms with Gasteiger partial charge in [-0.3, -0.25) is 5.32 Å². The highest BCUT2D eigenvalue weighted by atomic mass is 17.3. The number of benzene rings is 1. The number of carbonyl (C=O) groups is 1. The highest BCUT2D eigenvalue weighted by Crippen LogP contribution is 2.60. The lowest BCUT2D eigenvalue weighted by Gasteiger charge is -2.59. The van der Waals surface area contributed by atoms with E-state index in [1.54, 1.807) is 0 Å². The first kappa shape index (κ1) is 19.3. The van der Waals surface area contributed by atoms with Crippen molar-refractivity contribution in [3.8, 4) is 0 Å². The molecule has 0 aromatic heterocycles. The Kier molecular flexibility index (Phi) is 4.62. The normalized spacial score (nSPS) is 45.8. The molecule has 8 atom stereocenters. The Balaban J connectivity index is 1.39. The van der Waals surface area contributed by atoms with Gasteiger partial charge in [0.25, 0.3) is 0 Å². The van der Waals surface area contributed by atoms with Crippen LogP contribution >= 0.6 is 0 Å². The summed E-state index contributed by atoms with van der Waals surface area (Å²) < 4.78 is 18.2. The fourth-order valence-corrected chi connectivity index (χ4v) is 5.78. The van der Waals surface area contributed by atoms with Gasteiger partial charge in [-0.2, -0.15) is 0 Å². The molecule has 4 aliphatic heterocycles. The van der Waals surface area contributed by atoms with Crippen LogP contribution in [-0.2, 0) is 24.0 Å². The standard InChI is InChI=1S/C22H29NO6/c1-13-9-10-17-14(2)18(26-20(24)23-15-7-5-4-6-8-15)25-19-22(17)16(13)11-12-21(3,27-19)28-29-22/h4-8,13-14,16-19H,9-12H2,1-3H3,(H,23,24)/t13-,14-,16?,17?,18-,19-,21-,22-/m1/s1. The van der Waals surface area contributed by atoms with Crippen molar-refractivity contribution in [2.45, 2.75) is 70.4 Å². The van der Waals surface area contributed by atoms with Crippen molar-refractivity contribution < 1.29 is 28.8 Å². The number of anilines is 1. The van der Waals surface area contributed by atoms with Crippen molar-refractivity contribution in [2.75, 3.05) is 5.32 Å². The Bertz CT molecular complexity index is 774. The van der Waals surface area contributed by atoms with Gasteiger partial charge in [-0.05, 0) is 50.2 Å². The first-order valence-electron chi connectivity index (χ1n) is 10.6. The molecule has 1 amide bonds. The maximum Gasteiger partial charge on any atom is 0.413 e. The molecule has 4 heterocycles. The van der Waals surface area contributed by atoms with Crippen LogP contribution in [0.2, 0.25) is 0 Å². The molecule has 1 N–H and O–H groups in total. The van der Waals surface area contributed by atoms with Crippen molar-refractivity contribution in [3.63, 3.8) is 0 Å². The summed E-state index contributed by atoms with van der Waals surface area (Å²) in [5.74, 6) is 0.0276. The summed E-state index contributed by atoms with van der Waals surface area (Å²) in [6.45, 7) is 6.22. The molecule has 1 aromatic rings. The summed E-state index contributed by atoms with van der Waals surface area (Å²) in [6.07, 6.45) is 1.93. The van der Waals surface area contributed by atoms with Gasteiger partial charge in [0.15, 0.2) is 11.9 Å². The van der Waals surface area contributed by atoms with Crippen LogP contribution in [0.5, 0.6) is 0 Å². The zero-order valence-corrected chi connectivity index (χ0v) is 17.1. The molecule has 29 heavy (non-hydrogen) atoms. The maximum atomic E-state index is 12.5. The number of fused-ring (bicyclic) bond motifs is 2. The van der Waals surface area contributed by atoms with E-state index in [1.165, 1.54) is 0 Å². The second-order valence-electron chi connectivity index (χ2n) is 9.17. The average molecular weight is 403 g/mol. The zero-order chi connectivity index (χ0) is 20.2. The van der Waals surface area contributed by atoms with Crippen molar-refractivity contribution in [1.82, 2.24) is 0 Å². The quantitative estimate of drug-likeness (QED) is 0.736. The van der Waals surface area contributed by atoms with Crippen LogP contribution in [0, 0.1) is 23.7 Å². The molecular weight excluding hydrogens is 374 g/mol. The number of nitrogens with one attached hydrogen (secondary N) is 1. The number of hydrogen-bond donors (Lipinski definition) is 1. The highest BCUT2D eigenvalue weighted by Gasteiger charge is 2.69. The van der Waals surface area contributed by atoms with E-state index in [4.69, 9.17) is 24.0 Å². The number of ether oxygens (including phenoxy) is 3. The first-order chi connectivity index (χ1) is 13.9. The third-order valence-electron chi connectivity index (χ3n) is 7.34. The Morgan fingerprint density at radius 2 is 1.90 bits per heavy atom. The van der Waals surface area contributed by atoms with Gasteiger partial charge in [0.2, 0.25) is 12.1 Å². The molecule has 2 unspecified atom stereocenters. The van der Waals surface area contributed by atoms with Gasteiger partial charge in [-0.15, -0.1) is 0 Å². The van der Waals surface area contributed by atoms with E-state index in [1.807, 2.05) is 37.3 Å². The molecule has 158 valence electrons. The van der Waals surface area contributed by atoms with Crippen LogP contribution in [0.15, 0.2) is 30.3 Å². The second-order valence-corrected chi connectivity index (χ2v) is 9.17. The number of hydrogen-bond acceptors (Lipinski definition) is 6. The van der Waals surface area contributed by atoms with Gasteiger partial charge in [-0.1, -0.05) is 32.0 Å². The monoisotopic (exact) mass is 403 g/mol. The number of rotatable bonds is 2. The summed E-state index contributed by atoms with van der Waals surface area (Å²) in [5, 5.41) is 2.76. The van der Waals surface area contributed by atoms with Crippen molar-refractivity contribution in [3.05, 3.63) is 30.3 Å². The largest absolute Gasteiger partial charge is 0.419 e.